The summed E-state index contributed by atoms with van der Waals surface area (Å²) in [5.74, 6) is -0.285. The monoisotopic (exact) mass is 360 g/mol. The van der Waals surface area contributed by atoms with Crippen molar-refractivity contribution < 1.29 is 17.7 Å². The molecule has 0 saturated carbocycles. The van der Waals surface area contributed by atoms with Crippen LogP contribution in [0, 0.1) is 0 Å². The Morgan fingerprint density at radius 3 is 2.39 bits per heavy atom. The van der Waals surface area contributed by atoms with Gasteiger partial charge in [0.15, 0.2) is 0 Å². The summed E-state index contributed by atoms with van der Waals surface area (Å²) < 4.78 is 44.0. The van der Waals surface area contributed by atoms with Crippen LogP contribution in [-0.2, 0) is 6.18 Å². The Labute approximate surface area is 137 Å². The summed E-state index contributed by atoms with van der Waals surface area (Å²) in [5.41, 5.74) is -0.863. The van der Waals surface area contributed by atoms with Gasteiger partial charge < -0.3 is 4.52 Å². The molecule has 0 N–H and O–H groups in total. The second-order valence-corrected chi connectivity index (χ2v) is 5.12. The first-order valence-corrected chi connectivity index (χ1v) is 6.79. The van der Waals surface area contributed by atoms with Crippen LogP contribution in [0.25, 0.3) is 22.8 Å². The molecule has 3 rings (SSSR count). The van der Waals surface area contributed by atoms with E-state index >= 15 is 0 Å². The van der Waals surface area contributed by atoms with Crippen LogP contribution in [0.4, 0.5) is 13.2 Å². The van der Waals surface area contributed by atoms with E-state index in [2.05, 4.69) is 20.1 Å². The highest BCUT2D eigenvalue weighted by Crippen LogP contribution is 2.36. The van der Waals surface area contributed by atoms with Gasteiger partial charge in [0.25, 0.3) is 5.89 Å². The van der Waals surface area contributed by atoms with Crippen LogP contribution < -0.4 is 0 Å². The Morgan fingerprint density at radius 1 is 1.04 bits per heavy atom. The molecule has 0 radical (unpaired) electrons. The molecule has 3 heterocycles. The highest BCUT2D eigenvalue weighted by molar-refractivity contribution is 6.32. The number of nitrogens with zero attached hydrogens (tertiary/aromatic N) is 4. The van der Waals surface area contributed by atoms with Crippen molar-refractivity contribution in [3.8, 4) is 22.8 Å². The molecule has 0 aliphatic rings. The van der Waals surface area contributed by atoms with Gasteiger partial charge in [0.05, 0.1) is 11.1 Å². The largest absolute Gasteiger partial charge is 0.417 e. The maximum Gasteiger partial charge on any atom is 0.417 e. The number of alkyl halides is 3. The van der Waals surface area contributed by atoms with Gasteiger partial charge in [-0.3, -0.25) is 4.98 Å². The average molecular weight is 361 g/mol. The van der Waals surface area contributed by atoms with Crippen molar-refractivity contribution in [1.29, 1.82) is 0 Å². The maximum absolute atomic E-state index is 13.0. The lowest BCUT2D eigenvalue weighted by atomic mass is 10.1. The zero-order valence-corrected chi connectivity index (χ0v) is 12.5. The van der Waals surface area contributed by atoms with Crippen LogP contribution in [0.5, 0.6) is 0 Å². The second kappa shape index (κ2) is 5.78. The molecule has 10 heteroatoms. The number of aromatic nitrogens is 4. The van der Waals surface area contributed by atoms with Crippen molar-refractivity contribution in [3.63, 3.8) is 0 Å². The van der Waals surface area contributed by atoms with Crippen LogP contribution >= 0.6 is 23.2 Å². The van der Waals surface area contributed by atoms with Gasteiger partial charge in [-0.25, -0.2) is 4.98 Å². The smallest absolute Gasteiger partial charge is 0.334 e. The predicted molar refractivity (Wildman–Crippen MR) is 75.8 cm³/mol. The minimum atomic E-state index is -4.57. The Kier molecular flexibility index (Phi) is 3.95. The summed E-state index contributed by atoms with van der Waals surface area (Å²) in [6.07, 6.45) is -2.51. The highest BCUT2D eigenvalue weighted by Gasteiger charge is 2.35. The van der Waals surface area contributed by atoms with Crippen LogP contribution in [0.15, 0.2) is 35.1 Å². The van der Waals surface area contributed by atoms with E-state index in [1.54, 1.807) is 0 Å². The quantitative estimate of drug-likeness (QED) is 0.628. The molecule has 0 atom stereocenters. The van der Waals surface area contributed by atoms with E-state index in [0.717, 1.165) is 18.5 Å². The first-order valence-electron chi connectivity index (χ1n) is 6.03. The lowest BCUT2D eigenvalue weighted by Crippen LogP contribution is -2.07. The molecule has 0 aromatic carbocycles. The molecule has 0 unspecified atom stereocenters. The fourth-order valence-corrected chi connectivity index (χ4v) is 2.32. The fourth-order valence-electron chi connectivity index (χ4n) is 1.86. The van der Waals surface area contributed by atoms with E-state index in [0.29, 0.717) is 5.56 Å². The molecule has 0 saturated heterocycles. The Balaban J connectivity index is 2.07. The van der Waals surface area contributed by atoms with Crippen molar-refractivity contribution in [2.45, 2.75) is 6.18 Å². The van der Waals surface area contributed by atoms with Crippen LogP contribution in [0.2, 0.25) is 10.3 Å². The van der Waals surface area contributed by atoms with Crippen molar-refractivity contribution in [2.75, 3.05) is 0 Å². The zero-order valence-electron chi connectivity index (χ0n) is 11.0. The van der Waals surface area contributed by atoms with Gasteiger partial charge in [-0.2, -0.15) is 18.2 Å². The molecule has 5 nitrogen and oxygen atoms in total. The second-order valence-electron chi connectivity index (χ2n) is 4.34. The SMILES string of the molecule is FC(F)(F)c1ccncc1-c1noc(-c2cc(Cl)nc(Cl)c2)n1. The molecule has 3 aromatic heterocycles. The standard InChI is InChI=1S/C13H5Cl2F3N4O/c14-9-3-6(4-10(15)20-9)12-21-11(22-23-12)7-5-19-2-1-8(7)13(16,17)18/h1-5H. The van der Waals surface area contributed by atoms with Gasteiger partial charge in [-0.1, -0.05) is 28.4 Å². The topological polar surface area (TPSA) is 64.7 Å². The van der Waals surface area contributed by atoms with Crippen LogP contribution in [0.1, 0.15) is 5.56 Å². The number of hydrogen-bond donors (Lipinski definition) is 0. The molecule has 23 heavy (non-hydrogen) atoms. The molecule has 0 spiro atoms. The third-order valence-electron chi connectivity index (χ3n) is 2.80. The van der Waals surface area contributed by atoms with E-state index in [4.69, 9.17) is 27.7 Å². The first kappa shape index (κ1) is 15.7. The number of halogens is 5. The van der Waals surface area contributed by atoms with E-state index in [1.807, 2.05) is 0 Å². The van der Waals surface area contributed by atoms with Gasteiger partial charge in [0.1, 0.15) is 10.3 Å². The molecule has 0 fully saturated rings. The molecule has 0 aliphatic heterocycles. The van der Waals surface area contributed by atoms with E-state index < -0.39 is 11.7 Å². The molecule has 3 aromatic rings. The van der Waals surface area contributed by atoms with Crippen molar-refractivity contribution in [2.24, 2.45) is 0 Å². The lowest BCUT2D eigenvalue weighted by Gasteiger charge is -2.08. The summed E-state index contributed by atoms with van der Waals surface area (Å²) in [6, 6.07) is 3.64. The average Bonchev–Trinajstić information content (AvgIpc) is 2.95. The normalized spacial score (nSPS) is 11.7. The summed E-state index contributed by atoms with van der Waals surface area (Å²) in [4.78, 5) is 11.4. The molecule has 0 amide bonds. The number of hydrogen-bond acceptors (Lipinski definition) is 5. The van der Waals surface area contributed by atoms with Crippen LogP contribution in [0.3, 0.4) is 0 Å². The third kappa shape index (κ3) is 3.27. The minimum absolute atomic E-state index is 0.0387. The number of pyridine rings is 2. The van der Waals surface area contributed by atoms with Gasteiger partial charge in [-0.15, -0.1) is 0 Å². The van der Waals surface area contributed by atoms with Crippen molar-refractivity contribution in [1.82, 2.24) is 20.1 Å². The summed E-state index contributed by atoms with van der Waals surface area (Å²) >= 11 is 11.5. The van der Waals surface area contributed by atoms with Gasteiger partial charge in [0, 0.05) is 18.0 Å². The van der Waals surface area contributed by atoms with Gasteiger partial charge in [-0.05, 0) is 18.2 Å². The van der Waals surface area contributed by atoms with E-state index in [9.17, 15) is 13.2 Å². The first-order chi connectivity index (χ1) is 10.8. The highest BCUT2D eigenvalue weighted by atomic mass is 35.5. The van der Waals surface area contributed by atoms with E-state index in [-0.39, 0.29) is 27.6 Å². The fraction of sp³-hybridized carbons (Fsp3) is 0.0769. The summed E-state index contributed by atoms with van der Waals surface area (Å²) in [6.45, 7) is 0. The lowest BCUT2D eigenvalue weighted by molar-refractivity contribution is -0.137. The van der Waals surface area contributed by atoms with E-state index in [1.165, 1.54) is 12.1 Å². The van der Waals surface area contributed by atoms with Gasteiger partial charge in [0.2, 0.25) is 5.82 Å². The van der Waals surface area contributed by atoms with Crippen molar-refractivity contribution >= 4 is 23.2 Å². The molecule has 0 aliphatic carbocycles. The minimum Gasteiger partial charge on any atom is -0.334 e. The number of rotatable bonds is 2. The zero-order chi connectivity index (χ0) is 16.6. The molecular weight excluding hydrogens is 356 g/mol. The molecular formula is C13H5Cl2F3N4O. The van der Waals surface area contributed by atoms with Gasteiger partial charge >= 0.3 is 6.18 Å². The molecule has 118 valence electrons. The molecule has 0 bridgehead atoms. The Hall–Kier alpha value is -2.19. The van der Waals surface area contributed by atoms with Crippen molar-refractivity contribution in [3.05, 3.63) is 46.5 Å². The Bertz CT molecular complexity index is 846. The summed E-state index contributed by atoms with van der Waals surface area (Å²) in [7, 11) is 0. The van der Waals surface area contributed by atoms with Crippen LogP contribution in [-0.4, -0.2) is 20.1 Å². The third-order valence-corrected chi connectivity index (χ3v) is 3.19. The maximum atomic E-state index is 13.0. The Morgan fingerprint density at radius 2 is 1.74 bits per heavy atom. The predicted octanol–water partition coefficient (Wildman–Crippen LogP) is 4.52. The summed E-state index contributed by atoms with van der Waals surface area (Å²) in [5, 5.41) is 3.74.